The van der Waals surface area contributed by atoms with E-state index in [2.05, 4.69) is 28.9 Å². The van der Waals surface area contributed by atoms with Crippen molar-refractivity contribution in [3.8, 4) is 0 Å². The van der Waals surface area contributed by atoms with Gasteiger partial charge in [0.25, 0.3) is 0 Å². The highest BCUT2D eigenvalue weighted by molar-refractivity contribution is 6.16. The smallest absolute Gasteiger partial charge is 0.318 e. The molecule has 0 atom stereocenters. The Morgan fingerprint density at radius 2 is 2.06 bits per heavy atom. The largest absolute Gasteiger partial charge is 0.407 e. The second-order valence-electron chi connectivity index (χ2n) is 4.68. The van der Waals surface area contributed by atoms with Crippen molar-refractivity contribution >= 4 is 17.6 Å². The highest BCUT2D eigenvalue weighted by Gasteiger charge is 2.24. The van der Waals surface area contributed by atoms with Crippen molar-refractivity contribution in [2.24, 2.45) is 11.8 Å². The Morgan fingerprint density at radius 1 is 1.38 bits per heavy atom. The minimum absolute atomic E-state index is 0.287. The second-order valence-corrected chi connectivity index (χ2v) is 4.95. The summed E-state index contributed by atoms with van der Waals surface area (Å²) in [5.74, 6) is 2.38. The van der Waals surface area contributed by atoms with Crippen LogP contribution < -0.4 is 4.90 Å². The molecular formula is C11H18ClN3O. The van der Waals surface area contributed by atoms with Crippen LogP contribution in [-0.2, 0) is 5.88 Å². The Balaban J connectivity index is 1.93. The predicted octanol–water partition coefficient (Wildman–Crippen LogP) is 2.68. The van der Waals surface area contributed by atoms with Crippen LogP contribution in [0.3, 0.4) is 0 Å². The van der Waals surface area contributed by atoms with Crippen LogP contribution in [-0.4, -0.2) is 23.3 Å². The SMILES string of the molecule is CC(C)C1CCN(c2nnc(CCl)o2)CC1. The summed E-state index contributed by atoms with van der Waals surface area (Å²) in [5, 5.41) is 7.88. The summed E-state index contributed by atoms with van der Waals surface area (Å²) in [6.07, 6.45) is 2.41. The van der Waals surface area contributed by atoms with Gasteiger partial charge in [-0.25, -0.2) is 0 Å². The predicted molar refractivity (Wildman–Crippen MR) is 63.6 cm³/mol. The van der Waals surface area contributed by atoms with Gasteiger partial charge < -0.3 is 9.32 Å². The van der Waals surface area contributed by atoms with Crippen molar-refractivity contribution < 1.29 is 4.42 Å². The summed E-state index contributed by atoms with van der Waals surface area (Å²) in [4.78, 5) is 2.15. The van der Waals surface area contributed by atoms with E-state index in [1.165, 1.54) is 12.8 Å². The van der Waals surface area contributed by atoms with Crippen molar-refractivity contribution in [2.45, 2.75) is 32.6 Å². The van der Waals surface area contributed by atoms with Crippen LogP contribution in [0, 0.1) is 11.8 Å². The summed E-state index contributed by atoms with van der Waals surface area (Å²) in [5.41, 5.74) is 0. The Labute approximate surface area is 101 Å². The molecule has 0 N–H and O–H groups in total. The Bertz CT molecular complexity index is 332. The fourth-order valence-corrected chi connectivity index (χ4v) is 2.29. The van der Waals surface area contributed by atoms with Crippen LogP contribution >= 0.6 is 11.6 Å². The second kappa shape index (κ2) is 5.04. The van der Waals surface area contributed by atoms with E-state index in [9.17, 15) is 0 Å². The molecule has 0 saturated carbocycles. The number of hydrogen-bond donors (Lipinski definition) is 0. The van der Waals surface area contributed by atoms with E-state index in [4.69, 9.17) is 16.0 Å². The Hall–Kier alpha value is -0.770. The molecule has 0 amide bonds. The van der Waals surface area contributed by atoms with Crippen molar-refractivity contribution in [1.82, 2.24) is 10.2 Å². The number of anilines is 1. The van der Waals surface area contributed by atoms with Crippen molar-refractivity contribution in [2.75, 3.05) is 18.0 Å². The van der Waals surface area contributed by atoms with Gasteiger partial charge in [-0.2, -0.15) is 0 Å². The van der Waals surface area contributed by atoms with Gasteiger partial charge in [-0.15, -0.1) is 16.7 Å². The van der Waals surface area contributed by atoms with E-state index < -0.39 is 0 Å². The molecule has 2 heterocycles. The maximum absolute atomic E-state index is 5.63. The highest BCUT2D eigenvalue weighted by Crippen LogP contribution is 2.27. The Morgan fingerprint density at radius 3 is 2.56 bits per heavy atom. The monoisotopic (exact) mass is 243 g/mol. The molecule has 1 fully saturated rings. The number of piperidine rings is 1. The van der Waals surface area contributed by atoms with E-state index in [0.29, 0.717) is 11.9 Å². The molecule has 1 aromatic heterocycles. The first-order valence-corrected chi connectivity index (χ1v) is 6.37. The van der Waals surface area contributed by atoms with Gasteiger partial charge in [0, 0.05) is 13.1 Å². The summed E-state index contributed by atoms with van der Waals surface area (Å²) in [6, 6.07) is 0.623. The molecule has 1 aromatic rings. The van der Waals surface area contributed by atoms with Crippen LogP contribution in [0.2, 0.25) is 0 Å². The molecule has 5 heteroatoms. The minimum Gasteiger partial charge on any atom is -0.407 e. The molecule has 0 spiro atoms. The molecule has 1 aliphatic heterocycles. The lowest BCUT2D eigenvalue weighted by atomic mass is 9.87. The third-order valence-corrected chi connectivity index (χ3v) is 3.55. The zero-order valence-electron chi connectivity index (χ0n) is 9.82. The molecule has 2 rings (SSSR count). The fraction of sp³-hybridized carbons (Fsp3) is 0.818. The average Bonchev–Trinajstić information content (AvgIpc) is 2.77. The van der Waals surface area contributed by atoms with Gasteiger partial charge >= 0.3 is 6.01 Å². The summed E-state index contributed by atoms with van der Waals surface area (Å²) < 4.78 is 5.44. The lowest BCUT2D eigenvalue weighted by Gasteiger charge is -2.32. The highest BCUT2D eigenvalue weighted by atomic mass is 35.5. The molecule has 0 bridgehead atoms. The molecule has 1 saturated heterocycles. The number of rotatable bonds is 3. The van der Waals surface area contributed by atoms with E-state index in [1.54, 1.807) is 0 Å². The van der Waals surface area contributed by atoms with Crippen LogP contribution in [0.5, 0.6) is 0 Å². The molecule has 0 unspecified atom stereocenters. The first kappa shape index (κ1) is 11.7. The first-order chi connectivity index (χ1) is 7.70. The van der Waals surface area contributed by atoms with Crippen molar-refractivity contribution in [3.05, 3.63) is 5.89 Å². The normalized spacial score (nSPS) is 18.4. The number of hydrogen-bond acceptors (Lipinski definition) is 4. The van der Waals surface area contributed by atoms with Crippen LogP contribution in [0.1, 0.15) is 32.6 Å². The third kappa shape index (κ3) is 2.48. The summed E-state index contributed by atoms with van der Waals surface area (Å²) in [7, 11) is 0. The average molecular weight is 244 g/mol. The Kier molecular flexibility index (Phi) is 3.69. The maximum Gasteiger partial charge on any atom is 0.318 e. The molecule has 16 heavy (non-hydrogen) atoms. The molecule has 4 nitrogen and oxygen atoms in total. The molecule has 1 aliphatic rings. The number of alkyl halides is 1. The van der Waals surface area contributed by atoms with Crippen molar-refractivity contribution in [3.63, 3.8) is 0 Å². The molecule has 0 aliphatic carbocycles. The number of aromatic nitrogens is 2. The maximum atomic E-state index is 5.63. The van der Waals surface area contributed by atoms with Crippen LogP contribution in [0.25, 0.3) is 0 Å². The zero-order chi connectivity index (χ0) is 11.5. The lowest BCUT2D eigenvalue weighted by molar-refractivity contribution is 0.303. The summed E-state index contributed by atoms with van der Waals surface area (Å²) >= 11 is 5.63. The quantitative estimate of drug-likeness (QED) is 0.766. The molecule has 0 aromatic carbocycles. The van der Waals surface area contributed by atoms with E-state index in [1.807, 2.05) is 0 Å². The summed E-state index contributed by atoms with van der Waals surface area (Å²) in [6.45, 7) is 6.59. The first-order valence-electron chi connectivity index (χ1n) is 5.84. The van der Waals surface area contributed by atoms with E-state index in [-0.39, 0.29) is 5.88 Å². The minimum atomic E-state index is 0.287. The zero-order valence-corrected chi connectivity index (χ0v) is 10.6. The van der Waals surface area contributed by atoms with Gasteiger partial charge in [-0.1, -0.05) is 18.9 Å². The van der Waals surface area contributed by atoms with Crippen LogP contribution in [0.15, 0.2) is 4.42 Å². The standard InChI is InChI=1S/C11H18ClN3O/c1-8(2)9-3-5-15(6-4-9)11-14-13-10(7-12)16-11/h8-9H,3-7H2,1-2H3. The number of nitrogens with zero attached hydrogens (tertiary/aromatic N) is 3. The molecular weight excluding hydrogens is 226 g/mol. The third-order valence-electron chi connectivity index (χ3n) is 3.32. The van der Waals surface area contributed by atoms with Crippen LogP contribution in [0.4, 0.5) is 6.01 Å². The molecule has 90 valence electrons. The number of halogens is 1. The fourth-order valence-electron chi connectivity index (χ4n) is 2.18. The molecule has 0 radical (unpaired) electrons. The van der Waals surface area contributed by atoms with Gasteiger partial charge in [0.1, 0.15) is 5.88 Å². The van der Waals surface area contributed by atoms with Gasteiger partial charge in [-0.3, -0.25) is 0 Å². The van der Waals surface area contributed by atoms with Gasteiger partial charge in [-0.05, 0) is 24.7 Å². The van der Waals surface area contributed by atoms with Gasteiger partial charge in [0.15, 0.2) is 0 Å². The van der Waals surface area contributed by atoms with Gasteiger partial charge in [0.2, 0.25) is 5.89 Å². The van der Waals surface area contributed by atoms with E-state index >= 15 is 0 Å². The van der Waals surface area contributed by atoms with Gasteiger partial charge in [0.05, 0.1) is 0 Å². The van der Waals surface area contributed by atoms with Crippen molar-refractivity contribution in [1.29, 1.82) is 0 Å². The topological polar surface area (TPSA) is 42.2 Å². The van der Waals surface area contributed by atoms with E-state index in [0.717, 1.165) is 24.9 Å². The lowest BCUT2D eigenvalue weighted by Crippen LogP contribution is -2.35.